The number of carbonyl (C=O) groups excluding carboxylic acids is 2. The SMILES string of the molecule is O=C(NC1CC12CCCCC2)N1CC(=O)N(C2CC2)C1. The Morgan fingerprint density at radius 1 is 1.20 bits per heavy atom. The molecular formula is C15H23N3O2. The summed E-state index contributed by atoms with van der Waals surface area (Å²) in [5, 5.41) is 3.16. The highest BCUT2D eigenvalue weighted by atomic mass is 16.2. The molecule has 0 aromatic rings. The summed E-state index contributed by atoms with van der Waals surface area (Å²) in [6.07, 6.45) is 9.86. The van der Waals surface area contributed by atoms with E-state index >= 15 is 0 Å². The molecule has 3 saturated carbocycles. The minimum atomic E-state index is -0.0334. The maximum absolute atomic E-state index is 12.3. The molecule has 1 heterocycles. The smallest absolute Gasteiger partial charge is 0.319 e. The summed E-state index contributed by atoms with van der Waals surface area (Å²) in [6.45, 7) is 0.761. The van der Waals surface area contributed by atoms with Gasteiger partial charge in [0.1, 0.15) is 6.54 Å². The number of carbonyl (C=O) groups is 2. The van der Waals surface area contributed by atoms with Crippen molar-refractivity contribution in [2.24, 2.45) is 5.41 Å². The molecule has 1 aliphatic heterocycles. The average molecular weight is 277 g/mol. The Balaban J connectivity index is 1.32. The van der Waals surface area contributed by atoms with Gasteiger partial charge in [0, 0.05) is 12.1 Å². The van der Waals surface area contributed by atoms with Crippen molar-refractivity contribution in [1.29, 1.82) is 0 Å². The van der Waals surface area contributed by atoms with Crippen LogP contribution in [0.1, 0.15) is 51.4 Å². The van der Waals surface area contributed by atoms with Crippen LogP contribution in [0.2, 0.25) is 0 Å². The average Bonchev–Trinajstić information content (AvgIpc) is 3.34. The van der Waals surface area contributed by atoms with Gasteiger partial charge in [-0.2, -0.15) is 0 Å². The molecule has 1 atom stereocenters. The van der Waals surface area contributed by atoms with Crippen molar-refractivity contribution >= 4 is 11.9 Å². The molecule has 4 rings (SSSR count). The monoisotopic (exact) mass is 277 g/mol. The van der Waals surface area contributed by atoms with E-state index in [4.69, 9.17) is 0 Å². The second-order valence-electron chi connectivity index (χ2n) is 7.06. The quantitative estimate of drug-likeness (QED) is 0.835. The Kier molecular flexibility index (Phi) is 2.72. The number of amides is 3. The molecule has 5 nitrogen and oxygen atoms in total. The fourth-order valence-corrected chi connectivity index (χ4v) is 4.01. The maximum Gasteiger partial charge on any atom is 0.319 e. The third-order valence-electron chi connectivity index (χ3n) is 5.58. The zero-order valence-electron chi connectivity index (χ0n) is 11.9. The Hall–Kier alpha value is -1.26. The molecule has 0 bridgehead atoms. The van der Waals surface area contributed by atoms with Gasteiger partial charge in [-0.25, -0.2) is 4.79 Å². The summed E-state index contributed by atoms with van der Waals surface area (Å²) < 4.78 is 0. The molecule has 3 aliphatic carbocycles. The molecule has 4 fully saturated rings. The van der Waals surface area contributed by atoms with E-state index < -0.39 is 0 Å². The largest absolute Gasteiger partial charge is 0.335 e. The highest BCUT2D eigenvalue weighted by molar-refractivity contribution is 5.87. The van der Waals surface area contributed by atoms with Crippen LogP contribution in [0.4, 0.5) is 4.79 Å². The number of nitrogens with zero attached hydrogens (tertiary/aromatic N) is 2. The molecule has 110 valence electrons. The highest BCUT2D eigenvalue weighted by Gasteiger charge is 2.55. The van der Waals surface area contributed by atoms with E-state index in [-0.39, 0.29) is 18.5 Å². The van der Waals surface area contributed by atoms with E-state index in [0.717, 1.165) is 19.3 Å². The van der Waals surface area contributed by atoms with Crippen molar-refractivity contribution in [3.8, 4) is 0 Å². The van der Waals surface area contributed by atoms with Crippen LogP contribution in [0.3, 0.4) is 0 Å². The zero-order valence-corrected chi connectivity index (χ0v) is 11.9. The first-order chi connectivity index (χ1) is 9.68. The molecule has 1 unspecified atom stereocenters. The number of hydrogen-bond donors (Lipinski definition) is 1. The van der Waals surface area contributed by atoms with E-state index in [1.165, 1.54) is 32.1 Å². The van der Waals surface area contributed by atoms with Crippen LogP contribution in [-0.2, 0) is 4.79 Å². The lowest BCUT2D eigenvalue weighted by Crippen LogP contribution is -2.42. The van der Waals surface area contributed by atoms with Gasteiger partial charge in [0.05, 0.1) is 6.67 Å². The van der Waals surface area contributed by atoms with Gasteiger partial charge < -0.3 is 10.2 Å². The standard InChI is InChI=1S/C15H23N3O2/c19-13-9-17(10-18(13)11-4-5-11)14(20)16-12-8-15(12)6-2-1-3-7-15/h11-12H,1-10H2,(H,16,20). The van der Waals surface area contributed by atoms with Gasteiger partial charge in [-0.15, -0.1) is 0 Å². The fourth-order valence-electron chi connectivity index (χ4n) is 4.01. The second-order valence-corrected chi connectivity index (χ2v) is 7.06. The molecule has 0 radical (unpaired) electrons. The molecule has 1 saturated heterocycles. The third kappa shape index (κ3) is 2.07. The minimum Gasteiger partial charge on any atom is -0.335 e. The molecular weight excluding hydrogens is 254 g/mol. The van der Waals surface area contributed by atoms with Crippen molar-refractivity contribution in [2.75, 3.05) is 13.2 Å². The van der Waals surface area contributed by atoms with Crippen molar-refractivity contribution in [3.63, 3.8) is 0 Å². The van der Waals surface area contributed by atoms with Crippen LogP contribution in [0.15, 0.2) is 0 Å². The molecule has 1 N–H and O–H groups in total. The van der Waals surface area contributed by atoms with Crippen molar-refractivity contribution in [2.45, 2.75) is 63.5 Å². The highest BCUT2D eigenvalue weighted by Crippen LogP contribution is 2.56. The van der Waals surface area contributed by atoms with Gasteiger partial charge in [0.2, 0.25) is 5.91 Å². The maximum atomic E-state index is 12.3. The van der Waals surface area contributed by atoms with Gasteiger partial charge in [-0.05, 0) is 37.5 Å². The lowest BCUT2D eigenvalue weighted by atomic mass is 9.86. The van der Waals surface area contributed by atoms with Crippen LogP contribution in [0.25, 0.3) is 0 Å². The first-order valence-corrected chi connectivity index (χ1v) is 8.03. The topological polar surface area (TPSA) is 52.7 Å². The second kappa shape index (κ2) is 4.37. The Morgan fingerprint density at radius 2 is 1.95 bits per heavy atom. The third-order valence-corrected chi connectivity index (χ3v) is 5.58. The predicted octanol–water partition coefficient (Wildman–Crippen LogP) is 1.68. The van der Waals surface area contributed by atoms with Gasteiger partial charge >= 0.3 is 6.03 Å². The summed E-state index contributed by atoms with van der Waals surface area (Å²) in [4.78, 5) is 27.7. The number of hydrogen-bond acceptors (Lipinski definition) is 2. The molecule has 0 aromatic heterocycles. The summed E-state index contributed by atoms with van der Waals surface area (Å²) in [7, 11) is 0. The lowest BCUT2D eigenvalue weighted by molar-refractivity contribution is -0.127. The zero-order chi connectivity index (χ0) is 13.7. The summed E-state index contributed by atoms with van der Waals surface area (Å²) in [6, 6.07) is 0.736. The van der Waals surface area contributed by atoms with Crippen LogP contribution in [0.5, 0.6) is 0 Å². The summed E-state index contributed by atoms with van der Waals surface area (Å²) in [5.74, 6) is 0.117. The Labute approximate surface area is 119 Å². The molecule has 1 spiro atoms. The molecule has 5 heteroatoms. The summed E-state index contributed by atoms with van der Waals surface area (Å²) >= 11 is 0. The van der Waals surface area contributed by atoms with E-state index in [2.05, 4.69) is 5.32 Å². The fraction of sp³-hybridized carbons (Fsp3) is 0.867. The van der Waals surface area contributed by atoms with Crippen molar-refractivity contribution < 1.29 is 9.59 Å². The van der Waals surface area contributed by atoms with Gasteiger partial charge in [0.25, 0.3) is 0 Å². The lowest BCUT2D eigenvalue weighted by Gasteiger charge is -2.24. The Morgan fingerprint density at radius 3 is 2.65 bits per heavy atom. The Bertz CT molecular complexity index is 440. The van der Waals surface area contributed by atoms with Gasteiger partial charge in [0.15, 0.2) is 0 Å². The van der Waals surface area contributed by atoms with Crippen LogP contribution >= 0.6 is 0 Å². The van der Waals surface area contributed by atoms with Crippen molar-refractivity contribution in [1.82, 2.24) is 15.1 Å². The van der Waals surface area contributed by atoms with Crippen LogP contribution < -0.4 is 5.32 Å². The summed E-state index contributed by atoms with van der Waals surface area (Å²) in [5.41, 5.74) is 0.411. The number of nitrogens with one attached hydrogen (secondary N) is 1. The predicted molar refractivity (Wildman–Crippen MR) is 73.9 cm³/mol. The van der Waals surface area contributed by atoms with E-state index in [1.807, 2.05) is 4.90 Å². The number of urea groups is 1. The van der Waals surface area contributed by atoms with E-state index in [0.29, 0.717) is 24.2 Å². The molecule has 4 aliphatic rings. The van der Waals surface area contributed by atoms with Gasteiger partial charge in [-0.1, -0.05) is 19.3 Å². The van der Waals surface area contributed by atoms with Crippen molar-refractivity contribution in [3.05, 3.63) is 0 Å². The first-order valence-electron chi connectivity index (χ1n) is 8.03. The molecule has 0 aromatic carbocycles. The van der Waals surface area contributed by atoms with E-state index in [9.17, 15) is 9.59 Å². The number of rotatable bonds is 2. The van der Waals surface area contributed by atoms with E-state index in [1.54, 1.807) is 4.90 Å². The molecule has 3 amide bonds. The minimum absolute atomic E-state index is 0.0334. The normalized spacial score (nSPS) is 31.8. The van der Waals surface area contributed by atoms with Crippen LogP contribution in [-0.4, -0.2) is 47.0 Å². The van der Waals surface area contributed by atoms with Gasteiger partial charge in [-0.3, -0.25) is 9.69 Å². The first kappa shape index (κ1) is 12.5. The van der Waals surface area contributed by atoms with Crippen LogP contribution in [0, 0.1) is 5.41 Å². The molecule has 20 heavy (non-hydrogen) atoms.